The minimum atomic E-state index is -0.670. The fourth-order valence-corrected chi connectivity index (χ4v) is 2.24. The molecule has 0 radical (unpaired) electrons. The van der Waals surface area contributed by atoms with Crippen molar-refractivity contribution in [2.24, 2.45) is 22.2 Å². The van der Waals surface area contributed by atoms with Crippen molar-refractivity contribution in [1.82, 2.24) is 0 Å². The maximum Gasteiger partial charge on any atom is 0.379 e. The minimum Gasteiger partial charge on any atom is -0.431 e. The zero-order valence-electron chi connectivity index (χ0n) is 13.0. The Kier molecular flexibility index (Phi) is 4.09. The van der Waals surface area contributed by atoms with Gasteiger partial charge in [0.25, 0.3) is 0 Å². The zero-order valence-corrected chi connectivity index (χ0v) is 13.0. The summed E-state index contributed by atoms with van der Waals surface area (Å²) in [5.41, 5.74) is 16.6. The van der Waals surface area contributed by atoms with Gasteiger partial charge in [-0.15, -0.1) is 0 Å². The van der Waals surface area contributed by atoms with Crippen LogP contribution < -0.4 is 21.9 Å². The standard InChI is InChI=1S/C17H15N5O3/c18-15(19)11-2-1-10-8-12(4-3-9(10)7-11)24-16(23)13-5-6-14(25-13)22-17(20)21/h1-8H,(H3,18,19)(H4,20,21,22). The van der Waals surface area contributed by atoms with Gasteiger partial charge in [-0.25, -0.2) is 4.79 Å². The summed E-state index contributed by atoms with van der Waals surface area (Å²) >= 11 is 0. The van der Waals surface area contributed by atoms with E-state index in [-0.39, 0.29) is 23.4 Å². The molecule has 3 rings (SSSR count). The lowest BCUT2D eigenvalue weighted by Gasteiger charge is -2.06. The van der Waals surface area contributed by atoms with Crippen molar-refractivity contribution in [2.75, 3.05) is 0 Å². The molecule has 126 valence electrons. The third-order valence-electron chi connectivity index (χ3n) is 3.37. The van der Waals surface area contributed by atoms with Gasteiger partial charge in [0.15, 0.2) is 5.96 Å². The Morgan fingerprint density at radius 3 is 2.44 bits per heavy atom. The number of nitrogen functional groups attached to an aromatic ring is 1. The van der Waals surface area contributed by atoms with Crippen LogP contribution in [-0.4, -0.2) is 17.8 Å². The summed E-state index contributed by atoms with van der Waals surface area (Å²) in [6, 6.07) is 13.3. The van der Waals surface area contributed by atoms with Gasteiger partial charge < -0.3 is 26.4 Å². The van der Waals surface area contributed by atoms with E-state index < -0.39 is 5.97 Å². The van der Waals surface area contributed by atoms with E-state index in [1.807, 2.05) is 0 Å². The van der Waals surface area contributed by atoms with Crippen LogP contribution in [-0.2, 0) is 0 Å². The maximum atomic E-state index is 12.1. The average molecular weight is 337 g/mol. The van der Waals surface area contributed by atoms with Crippen LogP contribution in [0.3, 0.4) is 0 Å². The maximum absolute atomic E-state index is 12.1. The third kappa shape index (κ3) is 3.58. The molecule has 0 unspecified atom stereocenters. The van der Waals surface area contributed by atoms with E-state index in [0.29, 0.717) is 11.3 Å². The molecule has 1 aromatic heterocycles. The van der Waals surface area contributed by atoms with E-state index in [2.05, 4.69) is 4.99 Å². The molecule has 0 atom stereocenters. The molecule has 0 amide bonds. The first-order valence-corrected chi connectivity index (χ1v) is 7.22. The largest absolute Gasteiger partial charge is 0.431 e. The molecule has 0 aliphatic carbocycles. The second-order valence-electron chi connectivity index (χ2n) is 5.20. The van der Waals surface area contributed by atoms with E-state index in [4.69, 9.17) is 31.8 Å². The Morgan fingerprint density at radius 1 is 1.00 bits per heavy atom. The normalized spacial score (nSPS) is 10.4. The lowest BCUT2D eigenvalue weighted by Crippen LogP contribution is -2.21. The molecule has 0 saturated heterocycles. The van der Waals surface area contributed by atoms with Gasteiger partial charge in [0.2, 0.25) is 11.6 Å². The van der Waals surface area contributed by atoms with Gasteiger partial charge in [0.05, 0.1) is 0 Å². The third-order valence-corrected chi connectivity index (χ3v) is 3.37. The van der Waals surface area contributed by atoms with E-state index in [0.717, 1.165) is 10.8 Å². The lowest BCUT2D eigenvalue weighted by atomic mass is 10.1. The first kappa shape index (κ1) is 16.1. The predicted octanol–water partition coefficient (Wildman–Crippen LogP) is 1.84. The number of fused-ring (bicyclic) bond motifs is 1. The molecular weight excluding hydrogens is 322 g/mol. The van der Waals surface area contributed by atoms with Crippen molar-refractivity contribution >= 4 is 34.4 Å². The number of nitrogens with two attached hydrogens (primary N) is 3. The highest BCUT2D eigenvalue weighted by molar-refractivity contribution is 5.99. The number of carbonyl (C=O) groups is 1. The van der Waals surface area contributed by atoms with Crippen LogP contribution >= 0.6 is 0 Å². The molecule has 0 saturated carbocycles. The second-order valence-corrected chi connectivity index (χ2v) is 5.20. The molecule has 0 spiro atoms. The molecule has 8 heteroatoms. The number of furan rings is 1. The van der Waals surface area contributed by atoms with Crippen LogP contribution in [0, 0.1) is 5.41 Å². The zero-order chi connectivity index (χ0) is 18.0. The Labute approximate surface area is 142 Å². The van der Waals surface area contributed by atoms with Gasteiger partial charge in [-0.2, -0.15) is 4.99 Å². The quantitative estimate of drug-likeness (QED) is 0.246. The summed E-state index contributed by atoms with van der Waals surface area (Å²) < 4.78 is 10.5. The van der Waals surface area contributed by atoms with Gasteiger partial charge >= 0.3 is 5.97 Å². The number of esters is 1. The number of ether oxygens (including phenoxy) is 1. The SMILES string of the molecule is N=C(N)c1ccc2cc(OC(=O)c3ccc(N=C(N)N)o3)ccc2c1. The number of carbonyl (C=O) groups excluding carboxylic acids is 1. The number of nitrogens with zero attached hydrogens (tertiary/aromatic N) is 1. The van der Waals surface area contributed by atoms with Crippen molar-refractivity contribution in [3.8, 4) is 5.75 Å². The van der Waals surface area contributed by atoms with Crippen molar-refractivity contribution in [3.05, 3.63) is 59.9 Å². The van der Waals surface area contributed by atoms with E-state index >= 15 is 0 Å². The number of benzene rings is 2. The van der Waals surface area contributed by atoms with Gasteiger partial charge in [0.1, 0.15) is 11.6 Å². The Bertz CT molecular complexity index is 1000. The fourth-order valence-electron chi connectivity index (χ4n) is 2.24. The Morgan fingerprint density at radius 2 is 1.72 bits per heavy atom. The van der Waals surface area contributed by atoms with E-state index in [1.54, 1.807) is 36.4 Å². The lowest BCUT2D eigenvalue weighted by molar-refractivity contribution is 0.0702. The molecule has 25 heavy (non-hydrogen) atoms. The smallest absolute Gasteiger partial charge is 0.379 e. The first-order chi connectivity index (χ1) is 11.9. The second kappa shape index (κ2) is 6.36. The first-order valence-electron chi connectivity index (χ1n) is 7.22. The molecule has 0 fully saturated rings. The minimum absolute atomic E-state index is 0.00759. The highest BCUT2D eigenvalue weighted by Gasteiger charge is 2.14. The van der Waals surface area contributed by atoms with Crippen LogP contribution in [0.15, 0.2) is 57.9 Å². The molecular formula is C17H15N5O3. The van der Waals surface area contributed by atoms with Crippen LogP contribution in [0.1, 0.15) is 16.1 Å². The van der Waals surface area contributed by atoms with Crippen molar-refractivity contribution in [3.63, 3.8) is 0 Å². The number of aliphatic imine (C=N–C) groups is 1. The molecule has 1 heterocycles. The summed E-state index contributed by atoms with van der Waals surface area (Å²) in [6.07, 6.45) is 0. The molecule has 7 N–H and O–H groups in total. The van der Waals surface area contributed by atoms with Gasteiger partial charge in [-0.1, -0.05) is 18.2 Å². The molecule has 3 aromatic rings. The molecule has 8 nitrogen and oxygen atoms in total. The number of nitrogens with one attached hydrogen (secondary N) is 1. The van der Waals surface area contributed by atoms with Crippen molar-refractivity contribution in [2.45, 2.75) is 0 Å². The number of rotatable bonds is 4. The topological polar surface area (TPSA) is 154 Å². The molecule has 0 aliphatic heterocycles. The number of amidine groups is 1. The van der Waals surface area contributed by atoms with E-state index in [1.165, 1.54) is 12.1 Å². The average Bonchev–Trinajstić information content (AvgIpc) is 3.02. The van der Waals surface area contributed by atoms with Gasteiger partial charge in [0, 0.05) is 11.6 Å². The van der Waals surface area contributed by atoms with Crippen LogP contribution in [0.25, 0.3) is 10.8 Å². The number of hydrogen-bond acceptors (Lipinski definition) is 5. The van der Waals surface area contributed by atoms with Gasteiger partial charge in [-0.05, 0) is 35.0 Å². The molecule has 0 aliphatic rings. The predicted molar refractivity (Wildman–Crippen MR) is 94.1 cm³/mol. The highest BCUT2D eigenvalue weighted by atomic mass is 16.5. The van der Waals surface area contributed by atoms with E-state index in [9.17, 15) is 4.79 Å². The summed E-state index contributed by atoms with van der Waals surface area (Å²) in [6.45, 7) is 0. The summed E-state index contributed by atoms with van der Waals surface area (Å²) in [5.74, 6) is -0.403. The van der Waals surface area contributed by atoms with Crippen LogP contribution in [0.4, 0.5) is 5.88 Å². The number of hydrogen-bond donors (Lipinski definition) is 4. The molecule has 2 aromatic carbocycles. The summed E-state index contributed by atoms with van der Waals surface area (Å²) in [5, 5.41) is 9.18. The van der Waals surface area contributed by atoms with Gasteiger partial charge in [-0.3, -0.25) is 5.41 Å². The van der Waals surface area contributed by atoms with Crippen LogP contribution in [0.2, 0.25) is 0 Å². The highest BCUT2D eigenvalue weighted by Crippen LogP contribution is 2.24. The number of guanidine groups is 1. The van der Waals surface area contributed by atoms with Crippen LogP contribution in [0.5, 0.6) is 5.75 Å². The van der Waals surface area contributed by atoms with Crippen molar-refractivity contribution in [1.29, 1.82) is 5.41 Å². The monoisotopic (exact) mass is 337 g/mol. The van der Waals surface area contributed by atoms with Crippen molar-refractivity contribution < 1.29 is 13.9 Å². The molecule has 0 bridgehead atoms. The Hall–Kier alpha value is -3.81. The Balaban J connectivity index is 1.81. The fraction of sp³-hybridized carbons (Fsp3) is 0. The summed E-state index contributed by atoms with van der Waals surface area (Å²) in [7, 11) is 0. The summed E-state index contributed by atoms with van der Waals surface area (Å²) in [4.78, 5) is 15.8.